The lowest BCUT2D eigenvalue weighted by atomic mass is 10.2. The Bertz CT molecular complexity index is 794. The standard InChI is InChI=1S/C18H16N4S/c23-18(21-15-9-5-2-6-10-15)22-19-13-16-11-12-17(20-16)14-7-3-1-4-8-14/h1-13,20H,(H2,21,22,23)/b19-13+. The molecule has 1 heterocycles. The molecule has 2 aromatic carbocycles. The van der Waals surface area contributed by atoms with Gasteiger partial charge in [-0.2, -0.15) is 5.10 Å². The summed E-state index contributed by atoms with van der Waals surface area (Å²) in [5.74, 6) is 0. The first kappa shape index (κ1) is 15.0. The summed E-state index contributed by atoms with van der Waals surface area (Å²) in [5, 5.41) is 7.64. The van der Waals surface area contributed by atoms with Gasteiger partial charge in [0.2, 0.25) is 0 Å². The summed E-state index contributed by atoms with van der Waals surface area (Å²) in [7, 11) is 0. The Morgan fingerprint density at radius 1 is 0.913 bits per heavy atom. The van der Waals surface area contributed by atoms with Gasteiger partial charge in [-0.05, 0) is 42.0 Å². The van der Waals surface area contributed by atoms with Crippen molar-refractivity contribution in [1.82, 2.24) is 10.4 Å². The monoisotopic (exact) mass is 320 g/mol. The van der Waals surface area contributed by atoms with Gasteiger partial charge >= 0.3 is 0 Å². The fourth-order valence-electron chi connectivity index (χ4n) is 2.11. The highest BCUT2D eigenvalue weighted by Gasteiger charge is 1.99. The second-order valence-electron chi connectivity index (χ2n) is 4.88. The van der Waals surface area contributed by atoms with Crippen molar-refractivity contribution in [2.24, 2.45) is 5.10 Å². The summed E-state index contributed by atoms with van der Waals surface area (Å²) in [5.41, 5.74) is 6.82. The number of hydrogen-bond donors (Lipinski definition) is 3. The van der Waals surface area contributed by atoms with E-state index in [2.05, 4.69) is 33.0 Å². The zero-order valence-electron chi connectivity index (χ0n) is 12.4. The summed E-state index contributed by atoms with van der Waals surface area (Å²) in [4.78, 5) is 3.30. The van der Waals surface area contributed by atoms with Gasteiger partial charge in [-0.15, -0.1) is 0 Å². The Balaban J connectivity index is 1.56. The number of H-pyrrole nitrogens is 1. The fraction of sp³-hybridized carbons (Fsp3) is 0. The number of anilines is 1. The minimum Gasteiger partial charge on any atom is -0.354 e. The number of thiocarbonyl (C=S) groups is 1. The summed E-state index contributed by atoms with van der Waals surface area (Å²) in [6.45, 7) is 0. The molecule has 0 radical (unpaired) electrons. The first-order valence-electron chi connectivity index (χ1n) is 7.21. The Labute approximate surface area is 140 Å². The van der Waals surface area contributed by atoms with Crippen LogP contribution in [0, 0.1) is 0 Å². The average Bonchev–Trinajstić information content (AvgIpc) is 3.05. The van der Waals surface area contributed by atoms with E-state index in [0.717, 1.165) is 22.6 Å². The average molecular weight is 320 g/mol. The molecule has 1 aromatic heterocycles. The Morgan fingerprint density at radius 3 is 2.35 bits per heavy atom. The normalized spacial score (nSPS) is 10.6. The predicted molar refractivity (Wildman–Crippen MR) is 99.6 cm³/mol. The highest BCUT2D eigenvalue weighted by molar-refractivity contribution is 7.80. The summed E-state index contributed by atoms with van der Waals surface area (Å²) in [6, 6.07) is 23.9. The van der Waals surface area contributed by atoms with Crippen LogP contribution in [-0.4, -0.2) is 16.3 Å². The first-order chi connectivity index (χ1) is 11.3. The second-order valence-corrected chi connectivity index (χ2v) is 5.29. The van der Waals surface area contributed by atoms with Crippen LogP contribution >= 0.6 is 12.2 Å². The van der Waals surface area contributed by atoms with Crippen LogP contribution < -0.4 is 10.7 Å². The second kappa shape index (κ2) is 7.38. The fourth-order valence-corrected chi connectivity index (χ4v) is 2.28. The number of hydrazone groups is 1. The van der Waals surface area contributed by atoms with Crippen LogP contribution in [0.15, 0.2) is 77.9 Å². The van der Waals surface area contributed by atoms with Crippen molar-refractivity contribution < 1.29 is 0 Å². The minimum atomic E-state index is 0.447. The number of rotatable bonds is 4. The van der Waals surface area contributed by atoms with Crippen molar-refractivity contribution in [3.8, 4) is 11.3 Å². The molecule has 3 aromatic rings. The lowest BCUT2D eigenvalue weighted by molar-refractivity contribution is 1.05. The van der Waals surface area contributed by atoms with Crippen molar-refractivity contribution in [2.45, 2.75) is 0 Å². The Hall–Kier alpha value is -2.92. The van der Waals surface area contributed by atoms with Crippen molar-refractivity contribution in [1.29, 1.82) is 0 Å². The van der Waals surface area contributed by atoms with E-state index in [1.54, 1.807) is 6.21 Å². The van der Waals surface area contributed by atoms with Crippen LogP contribution in [0.1, 0.15) is 5.69 Å². The van der Waals surface area contributed by atoms with Gasteiger partial charge in [0.05, 0.1) is 11.9 Å². The van der Waals surface area contributed by atoms with E-state index in [0.29, 0.717) is 5.11 Å². The van der Waals surface area contributed by atoms with Crippen molar-refractivity contribution in [3.05, 3.63) is 78.5 Å². The van der Waals surface area contributed by atoms with Gasteiger partial charge in [0.15, 0.2) is 5.11 Å². The summed E-state index contributed by atoms with van der Waals surface area (Å²) < 4.78 is 0. The Kier molecular flexibility index (Phi) is 4.81. The molecular weight excluding hydrogens is 304 g/mol. The van der Waals surface area contributed by atoms with E-state index in [9.17, 15) is 0 Å². The molecule has 4 nitrogen and oxygen atoms in total. The van der Waals surface area contributed by atoms with Gasteiger partial charge in [-0.3, -0.25) is 5.43 Å². The maximum absolute atomic E-state index is 5.19. The molecule has 0 aliphatic heterocycles. The van der Waals surface area contributed by atoms with Gasteiger partial charge in [0.1, 0.15) is 0 Å². The molecule has 3 N–H and O–H groups in total. The maximum atomic E-state index is 5.19. The van der Waals surface area contributed by atoms with Gasteiger partial charge in [-0.1, -0.05) is 48.5 Å². The number of para-hydroxylation sites is 1. The third-order valence-corrected chi connectivity index (χ3v) is 3.39. The van der Waals surface area contributed by atoms with Crippen molar-refractivity contribution in [2.75, 3.05) is 5.32 Å². The van der Waals surface area contributed by atoms with Crippen molar-refractivity contribution >= 4 is 29.2 Å². The van der Waals surface area contributed by atoms with Crippen LogP contribution in [0.25, 0.3) is 11.3 Å². The molecule has 0 spiro atoms. The summed E-state index contributed by atoms with van der Waals surface area (Å²) in [6.07, 6.45) is 1.70. The highest BCUT2D eigenvalue weighted by Crippen LogP contribution is 2.17. The van der Waals surface area contributed by atoms with Gasteiger partial charge < -0.3 is 10.3 Å². The third-order valence-electron chi connectivity index (χ3n) is 3.19. The van der Waals surface area contributed by atoms with E-state index in [-0.39, 0.29) is 0 Å². The number of nitrogens with zero attached hydrogens (tertiary/aromatic N) is 1. The predicted octanol–water partition coefficient (Wildman–Crippen LogP) is 4.00. The number of hydrogen-bond acceptors (Lipinski definition) is 2. The van der Waals surface area contributed by atoms with E-state index < -0.39 is 0 Å². The molecule has 0 aliphatic rings. The lowest BCUT2D eigenvalue weighted by Gasteiger charge is -2.05. The van der Waals surface area contributed by atoms with E-state index >= 15 is 0 Å². The molecule has 0 fully saturated rings. The quantitative estimate of drug-likeness (QED) is 0.387. The molecular formula is C18H16N4S. The van der Waals surface area contributed by atoms with E-state index in [1.807, 2.05) is 60.7 Å². The SMILES string of the molecule is S=C(N/N=C/c1ccc(-c2ccccc2)[nH]1)Nc1ccccc1. The molecule has 0 saturated carbocycles. The van der Waals surface area contributed by atoms with E-state index in [4.69, 9.17) is 12.2 Å². The zero-order chi connectivity index (χ0) is 15.9. The molecule has 3 rings (SSSR count). The molecule has 0 bridgehead atoms. The highest BCUT2D eigenvalue weighted by atomic mass is 32.1. The van der Waals surface area contributed by atoms with Gasteiger partial charge in [0, 0.05) is 11.4 Å². The zero-order valence-corrected chi connectivity index (χ0v) is 13.2. The molecule has 114 valence electrons. The number of nitrogens with one attached hydrogen (secondary N) is 3. The lowest BCUT2D eigenvalue weighted by Crippen LogP contribution is -2.23. The number of aromatic nitrogens is 1. The first-order valence-corrected chi connectivity index (χ1v) is 7.61. The number of benzene rings is 2. The van der Waals surface area contributed by atoms with Gasteiger partial charge in [-0.25, -0.2) is 0 Å². The van der Waals surface area contributed by atoms with Crippen LogP contribution in [0.2, 0.25) is 0 Å². The largest absolute Gasteiger partial charge is 0.354 e. The van der Waals surface area contributed by atoms with Crippen molar-refractivity contribution in [3.63, 3.8) is 0 Å². The maximum Gasteiger partial charge on any atom is 0.191 e. The third kappa shape index (κ3) is 4.28. The molecule has 0 aliphatic carbocycles. The Morgan fingerprint density at radius 2 is 1.61 bits per heavy atom. The molecule has 0 saturated heterocycles. The smallest absolute Gasteiger partial charge is 0.191 e. The van der Waals surface area contributed by atoms with Crippen LogP contribution in [0.5, 0.6) is 0 Å². The van der Waals surface area contributed by atoms with Crippen LogP contribution in [0.3, 0.4) is 0 Å². The molecule has 0 amide bonds. The van der Waals surface area contributed by atoms with E-state index in [1.165, 1.54) is 0 Å². The van der Waals surface area contributed by atoms with Crippen LogP contribution in [0.4, 0.5) is 5.69 Å². The topological polar surface area (TPSA) is 52.2 Å². The van der Waals surface area contributed by atoms with Crippen LogP contribution in [-0.2, 0) is 0 Å². The molecule has 0 atom stereocenters. The summed E-state index contributed by atoms with van der Waals surface area (Å²) >= 11 is 5.19. The molecule has 23 heavy (non-hydrogen) atoms. The van der Waals surface area contributed by atoms with Gasteiger partial charge in [0.25, 0.3) is 0 Å². The number of aromatic amines is 1. The molecule has 5 heteroatoms. The minimum absolute atomic E-state index is 0.447. The molecule has 0 unspecified atom stereocenters.